The maximum Gasteiger partial charge on any atom is -0.0322 e. The van der Waals surface area contributed by atoms with Gasteiger partial charge in [-0.05, 0) is 25.2 Å². The summed E-state index contributed by atoms with van der Waals surface area (Å²) in [6, 6.07) is 0. The molecule has 0 aromatic heterocycles. The second-order valence-electron chi connectivity index (χ2n) is 5.41. The lowest BCUT2D eigenvalue weighted by atomic mass is 9.90. The van der Waals surface area contributed by atoms with E-state index in [1.54, 1.807) is 0 Å². The maximum atomic E-state index is 2.45. The van der Waals surface area contributed by atoms with E-state index in [4.69, 9.17) is 0 Å². The third kappa shape index (κ3) is 7.09. The minimum absolute atomic E-state index is 0.992. The Labute approximate surface area is 103 Å². The summed E-state index contributed by atoms with van der Waals surface area (Å²) < 4.78 is 0. The molecule has 1 atom stereocenters. The average Bonchev–Trinajstić information content (AvgIpc) is 2.32. The molecular weight excluding hydrogens is 192 g/mol. The Morgan fingerprint density at radius 2 is 1.81 bits per heavy atom. The van der Waals surface area contributed by atoms with Crippen molar-refractivity contribution in [3.05, 3.63) is 12.2 Å². The van der Waals surface area contributed by atoms with Gasteiger partial charge in [-0.2, -0.15) is 0 Å². The predicted molar refractivity (Wildman–Crippen MR) is 73.7 cm³/mol. The number of hydrogen-bond acceptors (Lipinski definition) is 0. The molecule has 1 rings (SSSR count). The van der Waals surface area contributed by atoms with Gasteiger partial charge in [-0.25, -0.2) is 0 Å². The van der Waals surface area contributed by atoms with Crippen LogP contribution in [0.5, 0.6) is 0 Å². The monoisotopic (exact) mass is 222 g/mol. The van der Waals surface area contributed by atoms with Gasteiger partial charge in [0.15, 0.2) is 0 Å². The van der Waals surface area contributed by atoms with E-state index in [9.17, 15) is 0 Å². The van der Waals surface area contributed by atoms with Gasteiger partial charge < -0.3 is 0 Å². The van der Waals surface area contributed by atoms with Gasteiger partial charge in [0.2, 0.25) is 0 Å². The largest absolute Gasteiger partial charge is 0.0885 e. The predicted octanol–water partition coefficient (Wildman–Crippen LogP) is 5.87. The summed E-state index contributed by atoms with van der Waals surface area (Å²) >= 11 is 0. The van der Waals surface area contributed by atoms with Crippen molar-refractivity contribution in [1.82, 2.24) is 0 Å². The molecular formula is C16H30. The van der Waals surface area contributed by atoms with Crippen molar-refractivity contribution in [2.75, 3.05) is 0 Å². The summed E-state index contributed by atoms with van der Waals surface area (Å²) in [5.74, 6) is 0.992. The highest BCUT2D eigenvalue weighted by atomic mass is 14.1. The highest BCUT2D eigenvalue weighted by molar-refractivity contribution is 4.84. The van der Waals surface area contributed by atoms with E-state index in [-0.39, 0.29) is 0 Å². The van der Waals surface area contributed by atoms with Crippen molar-refractivity contribution in [1.29, 1.82) is 0 Å². The molecule has 0 aromatic rings. The van der Waals surface area contributed by atoms with E-state index in [1.807, 2.05) is 0 Å². The van der Waals surface area contributed by atoms with Gasteiger partial charge >= 0.3 is 0 Å². The van der Waals surface area contributed by atoms with Crippen LogP contribution < -0.4 is 0 Å². The molecule has 0 aromatic carbocycles. The van der Waals surface area contributed by atoms with Gasteiger partial charge in [0, 0.05) is 0 Å². The molecule has 0 radical (unpaired) electrons. The third-order valence-corrected chi connectivity index (χ3v) is 3.84. The smallest absolute Gasteiger partial charge is 0.0322 e. The standard InChI is InChI=1S/C16H30/c1-2-3-4-10-13-16-14-11-8-6-5-7-9-12-15-16/h8,11,16H,2-7,9-10,12-15H2,1H3. The molecule has 0 spiro atoms. The first-order chi connectivity index (χ1) is 7.93. The Bertz CT molecular complexity index is 169. The van der Waals surface area contributed by atoms with E-state index in [0.29, 0.717) is 0 Å². The number of unbranched alkanes of at least 4 members (excludes halogenated alkanes) is 3. The van der Waals surface area contributed by atoms with Gasteiger partial charge in [0.1, 0.15) is 0 Å². The topological polar surface area (TPSA) is 0 Å². The number of rotatable bonds is 5. The normalized spacial score (nSPS) is 23.2. The zero-order valence-corrected chi connectivity index (χ0v) is 11.2. The van der Waals surface area contributed by atoms with Crippen LogP contribution in [-0.2, 0) is 0 Å². The fraction of sp³-hybridized carbons (Fsp3) is 0.875. The Morgan fingerprint density at radius 3 is 2.69 bits per heavy atom. The lowest BCUT2D eigenvalue weighted by Crippen LogP contribution is -2.00. The zero-order chi connectivity index (χ0) is 11.5. The molecule has 1 unspecified atom stereocenters. The second-order valence-corrected chi connectivity index (χ2v) is 5.41. The van der Waals surface area contributed by atoms with Gasteiger partial charge in [-0.3, -0.25) is 0 Å². The Hall–Kier alpha value is -0.260. The van der Waals surface area contributed by atoms with Crippen molar-refractivity contribution in [2.24, 2.45) is 5.92 Å². The first kappa shape index (κ1) is 13.8. The Kier molecular flexibility index (Phi) is 8.57. The highest BCUT2D eigenvalue weighted by Gasteiger charge is 2.07. The first-order valence-electron chi connectivity index (χ1n) is 7.58. The Morgan fingerprint density at radius 1 is 0.938 bits per heavy atom. The quantitative estimate of drug-likeness (QED) is 0.403. The molecule has 1 aliphatic carbocycles. The van der Waals surface area contributed by atoms with Crippen LogP contribution in [-0.4, -0.2) is 0 Å². The molecule has 1 aliphatic rings. The molecule has 0 heteroatoms. The summed E-state index contributed by atoms with van der Waals surface area (Å²) in [7, 11) is 0. The van der Waals surface area contributed by atoms with E-state index in [0.717, 1.165) is 5.92 Å². The van der Waals surface area contributed by atoms with Crippen LogP contribution >= 0.6 is 0 Å². The lowest BCUT2D eigenvalue weighted by Gasteiger charge is -2.15. The van der Waals surface area contributed by atoms with Crippen LogP contribution in [0, 0.1) is 5.92 Å². The van der Waals surface area contributed by atoms with Crippen LogP contribution in [0.25, 0.3) is 0 Å². The molecule has 16 heavy (non-hydrogen) atoms. The molecule has 0 saturated heterocycles. The first-order valence-corrected chi connectivity index (χ1v) is 7.58. The average molecular weight is 222 g/mol. The van der Waals surface area contributed by atoms with E-state index in [2.05, 4.69) is 19.1 Å². The summed E-state index contributed by atoms with van der Waals surface area (Å²) in [4.78, 5) is 0. The van der Waals surface area contributed by atoms with Crippen LogP contribution in [0.4, 0.5) is 0 Å². The van der Waals surface area contributed by atoms with Crippen molar-refractivity contribution in [3.8, 4) is 0 Å². The van der Waals surface area contributed by atoms with E-state index >= 15 is 0 Å². The Balaban J connectivity index is 2.17. The molecule has 0 fully saturated rings. The van der Waals surface area contributed by atoms with Crippen LogP contribution in [0.2, 0.25) is 0 Å². The molecule has 0 amide bonds. The van der Waals surface area contributed by atoms with Crippen LogP contribution in [0.3, 0.4) is 0 Å². The van der Waals surface area contributed by atoms with Crippen molar-refractivity contribution in [2.45, 2.75) is 84.0 Å². The van der Waals surface area contributed by atoms with Gasteiger partial charge in [-0.1, -0.05) is 76.9 Å². The minimum atomic E-state index is 0.992. The number of allylic oxidation sites excluding steroid dienone is 2. The van der Waals surface area contributed by atoms with Crippen LogP contribution in [0.1, 0.15) is 84.0 Å². The van der Waals surface area contributed by atoms with Crippen molar-refractivity contribution < 1.29 is 0 Å². The second kappa shape index (κ2) is 9.93. The molecule has 0 heterocycles. The van der Waals surface area contributed by atoms with Gasteiger partial charge in [0.05, 0.1) is 0 Å². The summed E-state index contributed by atoms with van der Waals surface area (Å²) in [5.41, 5.74) is 0. The summed E-state index contributed by atoms with van der Waals surface area (Å²) in [6.07, 6.45) is 22.0. The fourth-order valence-corrected chi connectivity index (χ4v) is 2.70. The lowest BCUT2D eigenvalue weighted by molar-refractivity contribution is 0.406. The molecule has 0 nitrogen and oxygen atoms in total. The third-order valence-electron chi connectivity index (χ3n) is 3.84. The van der Waals surface area contributed by atoms with E-state index < -0.39 is 0 Å². The van der Waals surface area contributed by atoms with Gasteiger partial charge in [-0.15, -0.1) is 0 Å². The molecule has 0 saturated carbocycles. The summed E-state index contributed by atoms with van der Waals surface area (Å²) in [5, 5.41) is 0. The number of hydrogen-bond donors (Lipinski definition) is 0. The highest BCUT2D eigenvalue weighted by Crippen LogP contribution is 2.23. The zero-order valence-electron chi connectivity index (χ0n) is 11.2. The molecule has 94 valence electrons. The van der Waals surface area contributed by atoms with Gasteiger partial charge in [0.25, 0.3) is 0 Å². The SMILES string of the molecule is CCCCCCC1CC=CCCCCCC1. The van der Waals surface area contributed by atoms with Crippen molar-refractivity contribution >= 4 is 0 Å². The summed E-state index contributed by atoms with van der Waals surface area (Å²) in [6.45, 7) is 2.30. The molecule has 0 bridgehead atoms. The minimum Gasteiger partial charge on any atom is -0.0885 e. The maximum absolute atomic E-state index is 2.45. The van der Waals surface area contributed by atoms with Crippen LogP contribution in [0.15, 0.2) is 12.2 Å². The fourth-order valence-electron chi connectivity index (χ4n) is 2.70. The molecule has 0 aliphatic heterocycles. The van der Waals surface area contributed by atoms with Crippen molar-refractivity contribution in [3.63, 3.8) is 0 Å². The molecule has 0 N–H and O–H groups in total. The van der Waals surface area contributed by atoms with E-state index in [1.165, 1.54) is 77.0 Å².